The van der Waals surface area contributed by atoms with Crippen LogP contribution in [0.3, 0.4) is 0 Å². The monoisotopic (exact) mass is 514 g/mol. The second-order valence-corrected chi connectivity index (χ2v) is 8.81. The smallest absolute Gasteiger partial charge is 0.338 e. The Morgan fingerprint density at radius 2 is 0.947 bits per heavy atom. The molecule has 0 aromatic heterocycles. The highest BCUT2D eigenvalue weighted by atomic mass is 16.6. The first-order valence-corrected chi connectivity index (χ1v) is 11.9. The summed E-state index contributed by atoms with van der Waals surface area (Å²) >= 11 is 0. The topological polar surface area (TPSA) is 147 Å². The van der Waals surface area contributed by atoms with E-state index in [2.05, 4.69) is 0 Å². The van der Waals surface area contributed by atoms with Gasteiger partial charge < -0.3 is 24.8 Å². The highest BCUT2D eigenvalue weighted by Gasteiger charge is 2.25. The Morgan fingerprint density at radius 1 is 0.553 bits per heavy atom. The molecule has 0 amide bonds. The third-order valence-corrected chi connectivity index (χ3v) is 6.62. The zero-order chi connectivity index (χ0) is 27.1. The van der Waals surface area contributed by atoms with Crippen molar-refractivity contribution in [1.82, 2.24) is 0 Å². The number of fused-ring (bicyclic) bond motifs is 2. The van der Waals surface area contributed by atoms with Crippen LogP contribution in [0.2, 0.25) is 0 Å². The Morgan fingerprint density at radius 3 is 1.34 bits per heavy atom. The zero-order valence-electron chi connectivity index (χ0n) is 20.2. The molecular formula is C29H22O9. The van der Waals surface area contributed by atoms with Crippen LogP contribution < -0.4 is 0 Å². The van der Waals surface area contributed by atoms with Gasteiger partial charge in [0.1, 0.15) is 6.61 Å². The van der Waals surface area contributed by atoms with Crippen molar-refractivity contribution >= 4 is 67.0 Å². The number of hydrogen-bond acceptors (Lipinski definition) is 6. The first kappa shape index (κ1) is 24.9. The van der Waals surface area contributed by atoms with E-state index in [1.54, 1.807) is 24.3 Å². The van der Waals surface area contributed by atoms with Gasteiger partial charge >= 0.3 is 23.9 Å². The Bertz CT molecular complexity index is 1720. The Kier molecular flexibility index (Phi) is 6.30. The summed E-state index contributed by atoms with van der Waals surface area (Å²) in [5.74, 6) is -4.47. The second kappa shape index (κ2) is 9.60. The van der Waals surface area contributed by atoms with Crippen molar-refractivity contribution in [1.29, 1.82) is 0 Å². The van der Waals surface area contributed by atoms with E-state index in [-0.39, 0.29) is 46.2 Å². The predicted molar refractivity (Wildman–Crippen MR) is 140 cm³/mol. The summed E-state index contributed by atoms with van der Waals surface area (Å²) in [7, 11) is 0. The maximum atomic E-state index is 13.1. The van der Waals surface area contributed by atoms with Gasteiger partial charge in [-0.15, -0.1) is 0 Å². The van der Waals surface area contributed by atoms with Gasteiger partial charge in [-0.3, -0.25) is 0 Å². The summed E-state index contributed by atoms with van der Waals surface area (Å²) in [5.41, 5.74) is -0.336. The second-order valence-electron chi connectivity index (χ2n) is 8.81. The van der Waals surface area contributed by atoms with Gasteiger partial charge in [0.15, 0.2) is 0 Å². The van der Waals surface area contributed by atoms with Crippen molar-refractivity contribution in [2.45, 2.75) is 13.3 Å². The average Bonchev–Trinajstić information content (AvgIpc) is 2.90. The number of esters is 1. The molecule has 0 radical (unpaired) electrons. The fourth-order valence-corrected chi connectivity index (χ4v) is 5.11. The minimum atomic E-state index is -1.27. The molecule has 9 heteroatoms. The lowest BCUT2D eigenvalue weighted by Crippen LogP contribution is -2.13. The Labute approximate surface area is 215 Å². The number of aromatic carboxylic acids is 3. The first-order chi connectivity index (χ1) is 18.3. The lowest BCUT2D eigenvalue weighted by Gasteiger charge is -2.19. The van der Waals surface area contributed by atoms with Crippen LogP contribution in [0.5, 0.6) is 0 Å². The predicted octanol–water partition coefficient (Wildman–Crippen LogP) is 5.42. The third-order valence-electron chi connectivity index (χ3n) is 6.62. The maximum Gasteiger partial charge on any atom is 0.338 e. The van der Waals surface area contributed by atoms with Crippen LogP contribution in [0, 0.1) is 0 Å². The van der Waals surface area contributed by atoms with Crippen LogP contribution in [0.1, 0.15) is 54.8 Å². The van der Waals surface area contributed by atoms with Gasteiger partial charge in [0.25, 0.3) is 0 Å². The molecule has 5 aromatic rings. The summed E-state index contributed by atoms with van der Waals surface area (Å²) in [6.07, 6.45) is 0.820. The summed E-state index contributed by atoms with van der Waals surface area (Å²) in [5, 5.41) is 33.0. The number of hydrogen-bond donors (Lipinski definition) is 3. The van der Waals surface area contributed by atoms with E-state index < -0.39 is 23.9 Å². The molecule has 0 fully saturated rings. The number of ether oxygens (including phenoxy) is 2. The van der Waals surface area contributed by atoms with Crippen LogP contribution >= 0.6 is 0 Å². The molecule has 192 valence electrons. The Balaban J connectivity index is 1.86. The van der Waals surface area contributed by atoms with Gasteiger partial charge in [0.05, 0.1) is 28.9 Å². The number of carbonyl (C=O) groups is 4. The lowest BCUT2D eigenvalue weighted by molar-refractivity contribution is 0.0320. The van der Waals surface area contributed by atoms with Gasteiger partial charge in [0, 0.05) is 17.4 Å². The number of carboxylic acid groups (broad SMARTS) is 3. The van der Waals surface area contributed by atoms with E-state index in [4.69, 9.17) is 9.47 Å². The fourth-order valence-electron chi connectivity index (χ4n) is 5.11. The summed E-state index contributed by atoms with van der Waals surface area (Å²) < 4.78 is 10.7. The fraction of sp³-hybridized carbons (Fsp3) is 0.172. The van der Waals surface area contributed by atoms with E-state index in [0.717, 1.165) is 6.42 Å². The van der Waals surface area contributed by atoms with Crippen molar-refractivity contribution in [2.24, 2.45) is 0 Å². The van der Waals surface area contributed by atoms with Crippen molar-refractivity contribution in [3.8, 4) is 0 Å². The van der Waals surface area contributed by atoms with Crippen LogP contribution in [0.25, 0.3) is 43.1 Å². The normalized spacial score (nSPS) is 11.5. The molecule has 0 aliphatic rings. The Hall–Kier alpha value is -4.76. The largest absolute Gasteiger partial charge is 0.478 e. The molecule has 38 heavy (non-hydrogen) atoms. The first-order valence-electron chi connectivity index (χ1n) is 11.9. The lowest BCUT2D eigenvalue weighted by atomic mass is 9.84. The molecule has 5 aromatic carbocycles. The highest BCUT2D eigenvalue weighted by molar-refractivity contribution is 6.38. The van der Waals surface area contributed by atoms with Gasteiger partial charge in [-0.2, -0.15) is 0 Å². The summed E-state index contributed by atoms with van der Waals surface area (Å²) in [6, 6.07) is 11.9. The number of rotatable bonds is 9. The van der Waals surface area contributed by atoms with E-state index in [1.165, 1.54) is 24.3 Å². The van der Waals surface area contributed by atoms with Crippen molar-refractivity contribution in [3.05, 3.63) is 70.8 Å². The van der Waals surface area contributed by atoms with Crippen LogP contribution in [0.15, 0.2) is 48.5 Å². The quantitative estimate of drug-likeness (QED) is 0.102. The molecule has 3 N–H and O–H groups in total. The molecule has 0 unspecified atom stereocenters. The molecular weight excluding hydrogens is 492 g/mol. The molecule has 9 nitrogen and oxygen atoms in total. The van der Waals surface area contributed by atoms with Gasteiger partial charge in [0.2, 0.25) is 0 Å². The third kappa shape index (κ3) is 3.84. The average molecular weight is 514 g/mol. The minimum Gasteiger partial charge on any atom is -0.478 e. The molecule has 0 saturated heterocycles. The van der Waals surface area contributed by atoms with E-state index in [1.807, 2.05) is 6.92 Å². The standard InChI is InChI=1S/C29H22O9/c1-2-11-37-12-13-38-29(36)21-10-6-17-15-4-8-19(27(32)33)24-18(26(30)31)7-3-14(22(15)24)16-5-9-20(28(34)35)25(21)23(16)17/h3-10H,2,11-13H2,1H3,(H,30,31)(H,32,33)(H,34,35). The molecule has 0 aliphatic carbocycles. The molecule has 0 heterocycles. The van der Waals surface area contributed by atoms with Crippen LogP contribution in [0.4, 0.5) is 0 Å². The van der Waals surface area contributed by atoms with E-state index in [0.29, 0.717) is 38.9 Å². The van der Waals surface area contributed by atoms with Crippen molar-refractivity contribution in [3.63, 3.8) is 0 Å². The molecule has 0 saturated carbocycles. The van der Waals surface area contributed by atoms with Gasteiger partial charge in [-0.25, -0.2) is 19.2 Å². The number of carboxylic acids is 3. The van der Waals surface area contributed by atoms with Crippen molar-refractivity contribution < 1.29 is 44.0 Å². The summed E-state index contributed by atoms with van der Waals surface area (Å²) in [4.78, 5) is 49.3. The molecule has 0 atom stereocenters. The van der Waals surface area contributed by atoms with Crippen LogP contribution in [-0.4, -0.2) is 59.0 Å². The molecule has 0 aliphatic heterocycles. The number of benzene rings is 5. The minimum absolute atomic E-state index is 0.00223. The molecule has 5 rings (SSSR count). The molecule has 0 bridgehead atoms. The van der Waals surface area contributed by atoms with E-state index in [9.17, 15) is 34.5 Å². The zero-order valence-corrected chi connectivity index (χ0v) is 20.2. The van der Waals surface area contributed by atoms with Crippen molar-refractivity contribution in [2.75, 3.05) is 19.8 Å². The highest BCUT2D eigenvalue weighted by Crippen LogP contribution is 2.44. The van der Waals surface area contributed by atoms with E-state index >= 15 is 0 Å². The molecule has 0 spiro atoms. The SMILES string of the molecule is CCCOCCOC(=O)c1ccc2c3ccc(C(=O)O)c4c(C(=O)O)ccc(c5ccc(C(=O)O)c1c52)c43. The number of carbonyl (C=O) groups excluding carboxylic acids is 1. The van der Waals surface area contributed by atoms with Gasteiger partial charge in [-0.1, -0.05) is 31.2 Å². The maximum absolute atomic E-state index is 13.1. The summed E-state index contributed by atoms with van der Waals surface area (Å²) in [6.45, 7) is 2.69. The van der Waals surface area contributed by atoms with Crippen LogP contribution in [-0.2, 0) is 9.47 Å². The van der Waals surface area contributed by atoms with Gasteiger partial charge in [-0.05, 0) is 63.0 Å².